The molecule has 0 saturated heterocycles. The van der Waals surface area contributed by atoms with Crippen molar-refractivity contribution in [2.75, 3.05) is 41.3 Å². The smallest absolute Gasteiger partial charge is 0.0529 e. The standard InChI is InChI=1S/C17H40N2Si/c1-7-8-9-10-11-12-15-20(6,16-13-18(2)3)17-14-19(4)5/h7-17H2,1-6H3. The molecule has 0 saturated carbocycles. The minimum atomic E-state index is -1.03. The molecule has 0 unspecified atom stereocenters. The first-order valence-corrected chi connectivity index (χ1v) is 11.8. The predicted octanol–water partition coefficient (Wildman–Crippen LogP) is 4.55. The third-order valence-electron chi connectivity index (χ3n) is 4.46. The lowest BCUT2D eigenvalue weighted by Crippen LogP contribution is -2.36. The first-order chi connectivity index (χ1) is 9.39. The zero-order valence-electron chi connectivity index (χ0n) is 15.2. The summed E-state index contributed by atoms with van der Waals surface area (Å²) < 4.78 is 0. The van der Waals surface area contributed by atoms with E-state index in [1.54, 1.807) is 6.04 Å². The van der Waals surface area contributed by atoms with Gasteiger partial charge in [0.05, 0.1) is 8.07 Å². The Labute approximate surface area is 129 Å². The van der Waals surface area contributed by atoms with Crippen LogP contribution in [-0.2, 0) is 0 Å². The molecular weight excluding hydrogens is 260 g/mol. The molecule has 0 bridgehead atoms. The van der Waals surface area contributed by atoms with Gasteiger partial charge in [-0.1, -0.05) is 58.0 Å². The molecule has 0 radical (unpaired) electrons. The van der Waals surface area contributed by atoms with E-state index in [1.807, 2.05) is 0 Å². The summed E-state index contributed by atoms with van der Waals surface area (Å²) in [4.78, 5) is 4.73. The normalized spacial score (nSPS) is 12.6. The van der Waals surface area contributed by atoms with Gasteiger partial charge in [-0.3, -0.25) is 0 Å². The van der Waals surface area contributed by atoms with Gasteiger partial charge in [-0.25, -0.2) is 0 Å². The largest absolute Gasteiger partial charge is 0.310 e. The summed E-state index contributed by atoms with van der Waals surface area (Å²) >= 11 is 0. The van der Waals surface area contributed by atoms with Crippen molar-refractivity contribution >= 4 is 8.07 Å². The monoisotopic (exact) mass is 300 g/mol. The van der Waals surface area contributed by atoms with Crippen molar-refractivity contribution in [2.24, 2.45) is 0 Å². The van der Waals surface area contributed by atoms with Gasteiger partial charge in [0.15, 0.2) is 0 Å². The van der Waals surface area contributed by atoms with Gasteiger partial charge >= 0.3 is 0 Å². The molecule has 0 aliphatic rings. The van der Waals surface area contributed by atoms with Crippen LogP contribution in [-0.4, -0.2) is 59.2 Å². The van der Waals surface area contributed by atoms with E-state index in [2.05, 4.69) is 51.5 Å². The van der Waals surface area contributed by atoms with Gasteiger partial charge in [0.25, 0.3) is 0 Å². The lowest BCUT2D eigenvalue weighted by molar-refractivity contribution is 0.420. The fraction of sp³-hybridized carbons (Fsp3) is 1.00. The Kier molecular flexibility index (Phi) is 11.8. The maximum Gasteiger partial charge on any atom is 0.0529 e. The van der Waals surface area contributed by atoms with Crippen LogP contribution in [0.1, 0.15) is 45.4 Å². The van der Waals surface area contributed by atoms with Crippen LogP contribution in [0.15, 0.2) is 0 Å². The quantitative estimate of drug-likeness (QED) is 0.364. The lowest BCUT2D eigenvalue weighted by Gasteiger charge is -2.30. The van der Waals surface area contributed by atoms with Crippen LogP contribution in [0.5, 0.6) is 0 Å². The number of unbranched alkanes of at least 4 members (excludes halogenated alkanes) is 5. The summed E-state index contributed by atoms with van der Waals surface area (Å²) in [6, 6.07) is 4.49. The zero-order chi connectivity index (χ0) is 15.4. The summed E-state index contributed by atoms with van der Waals surface area (Å²) in [7, 11) is 7.83. The van der Waals surface area contributed by atoms with Crippen molar-refractivity contribution in [3.8, 4) is 0 Å². The molecule has 0 aromatic heterocycles. The molecule has 0 spiro atoms. The highest BCUT2D eigenvalue weighted by Gasteiger charge is 2.26. The fourth-order valence-corrected chi connectivity index (χ4v) is 6.52. The highest BCUT2D eigenvalue weighted by molar-refractivity contribution is 6.78. The number of hydrogen-bond acceptors (Lipinski definition) is 2. The number of nitrogens with zero attached hydrogens (tertiary/aromatic N) is 2. The van der Waals surface area contributed by atoms with Gasteiger partial charge in [-0.05, 0) is 53.4 Å². The van der Waals surface area contributed by atoms with Crippen LogP contribution >= 0.6 is 0 Å². The van der Waals surface area contributed by atoms with Gasteiger partial charge in [-0.2, -0.15) is 0 Å². The van der Waals surface area contributed by atoms with E-state index in [-0.39, 0.29) is 0 Å². The summed E-state index contributed by atoms with van der Waals surface area (Å²) in [5.74, 6) is 0. The Bertz CT molecular complexity index is 205. The van der Waals surface area contributed by atoms with Crippen LogP contribution in [0.3, 0.4) is 0 Å². The molecule has 20 heavy (non-hydrogen) atoms. The van der Waals surface area contributed by atoms with Crippen molar-refractivity contribution in [2.45, 2.75) is 70.1 Å². The van der Waals surface area contributed by atoms with Crippen molar-refractivity contribution < 1.29 is 0 Å². The van der Waals surface area contributed by atoms with Crippen LogP contribution in [0.25, 0.3) is 0 Å². The Hall–Kier alpha value is 0.137. The average molecular weight is 301 g/mol. The molecule has 0 aliphatic heterocycles. The third kappa shape index (κ3) is 11.9. The van der Waals surface area contributed by atoms with Gasteiger partial charge in [0.2, 0.25) is 0 Å². The fourth-order valence-electron chi connectivity index (χ4n) is 2.69. The van der Waals surface area contributed by atoms with Crippen LogP contribution in [0, 0.1) is 0 Å². The Morgan fingerprint density at radius 1 is 0.650 bits per heavy atom. The summed E-state index contributed by atoms with van der Waals surface area (Å²) in [5, 5.41) is 0. The molecule has 0 aromatic carbocycles. The Balaban J connectivity index is 4.02. The predicted molar refractivity (Wildman–Crippen MR) is 96.5 cm³/mol. The minimum absolute atomic E-state index is 1.03. The van der Waals surface area contributed by atoms with Crippen molar-refractivity contribution in [1.82, 2.24) is 9.80 Å². The second kappa shape index (κ2) is 11.8. The van der Waals surface area contributed by atoms with E-state index in [9.17, 15) is 0 Å². The first-order valence-electron chi connectivity index (χ1n) is 8.69. The third-order valence-corrected chi connectivity index (χ3v) is 8.88. The molecule has 0 amide bonds. The summed E-state index contributed by atoms with van der Waals surface area (Å²) in [6.45, 7) is 7.51. The van der Waals surface area contributed by atoms with Gasteiger partial charge in [0.1, 0.15) is 0 Å². The van der Waals surface area contributed by atoms with E-state index in [1.165, 1.54) is 63.7 Å². The van der Waals surface area contributed by atoms with E-state index in [0.29, 0.717) is 0 Å². The maximum atomic E-state index is 2.64. The van der Waals surface area contributed by atoms with E-state index < -0.39 is 8.07 Å². The molecule has 0 rings (SSSR count). The van der Waals surface area contributed by atoms with E-state index in [4.69, 9.17) is 0 Å². The van der Waals surface area contributed by atoms with Crippen LogP contribution in [0.2, 0.25) is 24.7 Å². The number of rotatable bonds is 13. The van der Waals surface area contributed by atoms with Crippen molar-refractivity contribution in [3.63, 3.8) is 0 Å². The molecule has 0 fully saturated rings. The second-order valence-corrected chi connectivity index (χ2v) is 12.6. The molecule has 3 heteroatoms. The second-order valence-electron chi connectivity index (χ2n) is 7.43. The van der Waals surface area contributed by atoms with Gasteiger partial charge < -0.3 is 9.80 Å². The molecule has 0 atom stereocenters. The minimum Gasteiger partial charge on any atom is -0.310 e. The molecule has 0 heterocycles. The highest BCUT2D eigenvalue weighted by Crippen LogP contribution is 2.25. The Morgan fingerprint density at radius 3 is 1.55 bits per heavy atom. The SMILES string of the molecule is CCCCCCCC[Si](C)(CCN(C)C)CCN(C)C. The van der Waals surface area contributed by atoms with E-state index >= 15 is 0 Å². The van der Waals surface area contributed by atoms with Crippen LogP contribution in [0.4, 0.5) is 0 Å². The molecule has 122 valence electrons. The van der Waals surface area contributed by atoms with Crippen molar-refractivity contribution in [3.05, 3.63) is 0 Å². The van der Waals surface area contributed by atoms with Crippen molar-refractivity contribution in [1.29, 1.82) is 0 Å². The molecule has 0 aliphatic carbocycles. The first kappa shape index (κ1) is 20.1. The molecule has 2 nitrogen and oxygen atoms in total. The van der Waals surface area contributed by atoms with Gasteiger partial charge in [-0.15, -0.1) is 0 Å². The lowest BCUT2D eigenvalue weighted by atomic mass is 10.1. The molecule has 0 N–H and O–H groups in total. The highest BCUT2D eigenvalue weighted by atomic mass is 28.3. The topological polar surface area (TPSA) is 6.48 Å². The summed E-state index contributed by atoms with van der Waals surface area (Å²) in [5.41, 5.74) is 0. The molecule has 0 aromatic rings. The Morgan fingerprint density at radius 2 is 1.10 bits per heavy atom. The zero-order valence-corrected chi connectivity index (χ0v) is 16.2. The average Bonchev–Trinajstić information content (AvgIpc) is 2.38. The van der Waals surface area contributed by atoms with Gasteiger partial charge in [0, 0.05) is 0 Å². The van der Waals surface area contributed by atoms with E-state index in [0.717, 1.165) is 0 Å². The maximum absolute atomic E-state index is 2.64. The summed E-state index contributed by atoms with van der Waals surface area (Å²) in [6.07, 6.45) is 8.64. The molecular formula is C17H40N2Si. The van der Waals surface area contributed by atoms with Crippen LogP contribution < -0.4 is 0 Å². The number of hydrogen-bond donors (Lipinski definition) is 0.